The van der Waals surface area contributed by atoms with Crippen LogP contribution in [-0.2, 0) is 0 Å². The van der Waals surface area contributed by atoms with Gasteiger partial charge in [0.05, 0.1) is 0 Å². The van der Waals surface area contributed by atoms with Gasteiger partial charge in [-0.2, -0.15) is 0 Å². The molecule has 0 aliphatic heterocycles. The molecule has 0 amide bonds. The number of terminal acetylenes is 1. The Morgan fingerprint density at radius 2 is 2.14 bits per heavy atom. The van der Waals surface area contributed by atoms with Crippen LogP contribution in [0, 0.1) is 30.1 Å². The molecule has 1 aliphatic rings. The molecular formula is C13H23N. The van der Waals surface area contributed by atoms with Crippen molar-refractivity contribution in [1.82, 2.24) is 5.32 Å². The van der Waals surface area contributed by atoms with E-state index in [1.54, 1.807) is 0 Å². The molecule has 0 saturated heterocycles. The third-order valence-electron chi connectivity index (χ3n) is 3.44. The van der Waals surface area contributed by atoms with Gasteiger partial charge in [0.15, 0.2) is 0 Å². The maximum Gasteiger partial charge on any atom is 0.0118 e. The van der Waals surface area contributed by atoms with Crippen molar-refractivity contribution in [3.8, 4) is 12.3 Å². The van der Waals surface area contributed by atoms with E-state index in [-0.39, 0.29) is 0 Å². The van der Waals surface area contributed by atoms with Crippen LogP contribution in [-0.4, -0.2) is 13.1 Å². The van der Waals surface area contributed by atoms with E-state index in [0.29, 0.717) is 0 Å². The molecule has 0 spiro atoms. The summed E-state index contributed by atoms with van der Waals surface area (Å²) in [5, 5.41) is 3.45. The van der Waals surface area contributed by atoms with E-state index in [2.05, 4.69) is 25.1 Å². The van der Waals surface area contributed by atoms with E-state index >= 15 is 0 Å². The summed E-state index contributed by atoms with van der Waals surface area (Å²) in [5.41, 5.74) is 0. The molecule has 0 radical (unpaired) electrons. The van der Waals surface area contributed by atoms with Crippen molar-refractivity contribution in [3.05, 3.63) is 0 Å². The Kier molecular flexibility index (Phi) is 5.04. The summed E-state index contributed by atoms with van der Waals surface area (Å²) in [4.78, 5) is 0. The molecule has 3 atom stereocenters. The van der Waals surface area contributed by atoms with Gasteiger partial charge in [-0.15, -0.1) is 12.3 Å². The van der Waals surface area contributed by atoms with E-state index in [1.807, 2.05) is 0 Å². The number of rotatable bonds is 4. The van der Waals surface area contributed by atoms with Gasteiger partial charge in [-0.3, -0.25) is 0 Å². The van der Waals surface area contributed by atoms with Crippen LogP contribution >= 0.6 is 0 Å². The first-order valence-corrected chi connectivity index (χ1v) is 5.92. The topological polar surface area (TPSA) is 12.0 Å². The summed E-state index contributed by atoms with van der Waals surface area (Å²) >= 11 is 0. The molecule has 80 valence electrons. The highest BCUT2D eigenvalue weighted by molar-refractivity contribution is 4.91. The SMILES string of the molecule is C#CCC1CC(C)CCC1CNCC. The highest BCUT2D eigenvalue weighted by Crippen LogP contribution is 2.35. The molecule has 1 nitrogen and oxygen atoms in total. The fraction of sp³-hybridized carbons (Fsp3) is 0.846. The first-order chi connectivity index (χ1) is 6.77. The van der Waals surface area contributed by atoms with Crippen molar-refractivity contribution >= 4 is 0 Å². The van der Waals surface area contributed by atoms with Crippen LogP contribution in [0.15, 0.2) is 0 Å². The van der Waals surface area contributed by atoms with Crippen molar-refractivity contribution in [1.29, 1.82) is 0 Å². The smallest absolute Gasteiger partial charge is 0.0118 e. The molecular weight excluding hydrogens is 170 g/mol. The lowest BCUT2D eigenvalue weighted by atomic mass is 9.73. The van der Waals surface area contributed by atoms with Crippen molar-refractivity contribution < 1.29 is 0 Å². The lowest BCUT2D eigenvalue weighted by molar-refractivity contribution is 0.189. The van der Waals surface area contributed by atoms with Gasteiger partial charge < -0.3 is 5.32 Å². The molecule has 1 aliphatic carbocycles. The van der Waals surface area contributed by atoms with Crippen LogP contribution in [0.5, 0.6) is 0 Å². The zero-order valence-corrected chi connectivity index (χ0v) is 9.55. The molecule has 1 rings (SSSR count). The van der Waals surface area contributed by atoms with Gasteiger partial charge in [0.2, 0.25) is 0 Å². The summed E-state index contributed by atoms with van der Waals surface area (Å²) < 4.78 is 0. The Hall–Kier alpha value is -0.480. The monoisotopic (exact) mass is 193 g/mol. The number of nitrogens with one attached hydrogen (secondary N) is 1. The number of hydrogen-bond donors (Lipinski definition) is 1. The third-order valence-corrected chi connectivity index (χ3v) is 3.44. The zero-order chi connectivity index (χ0) is 10.4. The average Bonchev–Trinajstić information content (AvgIpc) is 2.17. The Morgan fingerprint density at radius 3 is 2.79 bits per heavy atom. The quantitative estimate of drug-likeness (QED) is 0.677. The minimum absolute atomic E-state index is 0.766. The highest BCUT2D eigenvalue weighted by atomic mass is 14.8. The largest absolute Gasteiger partial charge is 0.317 e. The lowest BCUT2D eigenvalue weighted by Gasteiger charge is -2.34. The predicted molar refractivity (Wildman–Crippen MR) is 62.0 cm³/mol. The maximum absolute atomic E-state index is 5.43. The average molecular weight is 193 g/mol. The van der Waals surface area contributed by atoms with Gasteiger partial charge in [0.1, 0.15) is 0 Å². The van der Waals surface area contributed by atoms with E-state index in [9.17, 15) is 0 Å². The van der Waals surface area contributed by atoms with Gasteiger partial charge in [0, 0.05) is 6.42 Å². The summed E-state index contributed by atoms with van der Waals surface area (Å²) in [6.45, 7) is 6.76. The molecule has 0 heterocycles. The van der Waals surface area contributed by atoms with Gasteiger partial charge in [0.25, 0.3) is 0 Å². The Morgan fingerprint density at radius 1 is 1.36 bits per heavy atom. The Labute approximate surface area is 88.7 Å². The zero-order valence-electron chi connectivity index (χ0n) is 9.55. The molecule has 1 fully saturated rings. The summed E-state index contributed by atoms with van der Waals surface area (Å²) in [7, 11) is 0. The van der Waals surface area contributed by atoms with E-state index in [0.717, 1.165) is 37.3 Å². The molecule has 3 unspecified atom stereocenters. The van der Waals surface area contributed by atoms with Crippen LogP contribution in [0.3, 0.4) is 0 Å². The maximum atomic E-state index is 5.43. The Bertz CT molecular complexity index is 190. The molecule has 1 heteroatoms. The van der Waals surface area contributed by atoms with Crippen LogP contribution in [0.1, 0.15) is 39.5 Å². The second kappa shape index (κ2) is 6.09. The van der Waals surface area contributed by atoms with Crippen LogP contribution in [0.4, 0.5) is 0 Å². The van der Waals surface area contributed by atoms with Crippen molar-refractivity contribution in [2.45, 2.75) is 39.5 Å². The molecule has 0 bridgehead atoms. The second-order valence-electron chi connectivity index (χ2n) is 4.65. The fourth-order valence-electron chi connectivity index (χ4n) is 2.56. The van der Waals surface area contributed by atoms with Crippen LogP contribution in [0.25, 0.3) is 0 Å². The number of hydrogen-bond acceptors (Lipinski definition) is 1. The van der Waals surface area contributed by atoms with Crippen molar-refractivity contribution in [2.24, 2.45) is 17.8 Å². The van der Waals surface area contributed by atoms with Gasteiger partial charge >= 0.3 is 0 Å². The highest BCUT2D eigenvalue weighted by Gasteiger charge is 2.27. The van der Waals surface area contributed by atoms with Crippen LogP contribution in [0.2, 0.25) is 0 Å². The van der Waals surface area contributed by atoms with E-state index in [4.69, 9.17) is 6.42 Å². The van der Waals surface area contributed by atoms with Gasteiger partial charge in [-0.25, -0.2) is 0 Å². The molecule has 0 aromatic carbocycles. The molecule has 0 aromatic rings. The summed E-state index contributed by atoms with van der Waals surface area (Å²) in [5.74, 6) is 5.31. The standard InChI is InChI=1S/C13H23N/c1-4-6-12-9-11(3)7-8-13(12)10-14-5-2/h1,11-14H,5-10H2,2-3H3. The van der Waals surface area contributed by atoms with Crippen molar-refractivity contribution in [2.75, 3.05) is 13.1 Å². The fourth-order valence-corrected chi connectivity index (χ4v) is 2.56. The minimum atomic E-state index is 0.766. The predicted octanol–water partition coefficient (Wildman–Crippen LogP) is 2.67. The normalized spacial score (nSPS) is 32.5. The summed E-state index contributed by atoms with van der Waals surface area (Å²) in [6.07, 6.45) is 10.5. The summed E-state index contributed by atoms with van der Waals surface area (Å²) in [6, 6.07) is 0. The molecule has 1 N–H and O–H groups in total. The van der Waals surface area contributed by atoms with Gasteiger partial charge in [-0.05, 0) is 43.7 Å². The molecule has 0 aromatic heterocycles. The molecule has 1 saturated carbocycles. The van der Waals surface area contributed by atoms with Crippen molar-refractivity contribution in [3.63, 3.8) is 0 Å². The first-order valence-electron chi connectivity index (χ1n) is 5.92. The van der Waals surface area contributed by atoms with Gasteiger partial charge in [-0.1, -0.05) is 20.3 Å². The molecule has 14 heavy (non-hydrogen) atoms. The first kappa shape index (κ1) is 11.6. The lowest BCUT2D eigenvalue weighted by Crippen LogP contribution is -2.32. The Balaban J connectivity index is 2.41. The van der Waals surface area contributed by atoms with Crippen LogP contribution < -0.4 is 5.32 Å². The van der Waals surface area contributed by atoms with E-state index < -0.39 is 0 Å². The van der Waals surface area contributed by atoms with E-state index in [1.165, 1.54) is 19.3 Å². The second-order valence-corrected chi connectivity index (χ2v) is 4.65. The third kappa shape index (κ3) is 3.35. The minimum Gasteiger partial charge on any atom is -0.317 e.